The third-order valence-corrected chi connectivity index (χ3v) is 7.37. The summed E-state index contributed by atoms with van der Waals surface area (Å²) in [6.45, 7) is 8.67. The third kappa shape index (κ3) is 4.49. The van der Waals surface area contributed by atoms with Crippen LogP contribution >= 0.6 is 0 Å². The lowest BCUT2D eigenvalue weighted by atomic mass is 10.1. The second-order valence-electron chi connectivity index (χ2n) is 8.91. The van der Waals surface area contributed by atoms with Gasteiger partial charge in [0.1, 0.15) is 5.60 Å². The molecule has 0 N–H and O–H groups in total. The highest BCUT2D eigenvalue weighted by Crippen LogP contribution is 2.35. The van der Waals surface area contributed by atoms with Crippen LogP contribution in [0.25, 0.3) is 0 Å². The van der Waals surface area contributed by atoms with Crippen LogP contribution in [0, 0.1) is 0 Å². The summed E-state index contributed by atoms with van der Waals surface area (Å²) in [5, 5.41) is 0. The lowest BCUT2D eigenvalue weighted by Crippen LogP contribution is -2.50. The van der Waals surface area contributed by atoms with Gasteiger partial charge < -0.3 is 14.5 Å². The van der Waals surface area contributed by atoms with E-state index in [1.165, 1.54) is 4.31 Å². The van der Waals surface area contributed by atoms with Gasteiger partial charge in [0.05, 0.1) is 10.6 Å². The van der Waals surface area contributed by atoms with Gasteiger partial charge in [-0.25, -0.2) is 13.2 Å². The third-order valence-electron chi connectivity index (χ3n) is 5.54. The number of piperazine rings is 1. The largest absolute Gasteiger partial charge is 0.444 e. The molecule has 1 amide bonds. The molecule has 2 aromatic carbocycles. The number of carbonyl (C=O) groups is 1. The standard InChI is InChI=1S/C23H29N3O4S/c1-23(2,3)30-22(27)25-15-13-24(14-16-25)19-9-10-21-18(17-19)11-12-26(21)31(28,29)20-7-5-4-6-8-20/h4-10,17H,11-16H2,1-3H3. The van der Waals surface area contributed by atoms with Crippen molar-refractivity contribution >= 4 is 27.5 Å². The second kappa shape index (κ2) is 8.07. The number of carbonyl (C=O) groups excluding carboxylic acids is 1. The lowest BCUT2D eigenvalue weighted by molar-refractivity contribution is 0.0240. The Kier molecular flexibility index (Phi) is 5.60. The Hall–Kier alpha value is -2.74. The Morgan fingerprint density at radius 3 is 2.26 bits per heavy atom. The van der Waals surface area contributed by atoms with Crippen molar-refractivity contribution in [2.45, 2.75) is 37.7 Å². The Labute approximate surface area is 184 Å². The van der Waals surface area contributed by atoms with Gasteiger partial charge in [0.15, 0.2) is 0 Å². The molecule has 1 fully saturated rings. The Bertz CT molecular complexity index is 1060. The number of nitrogens with zero attached hydrogens (tertiary/aromatic N) is 3. The summed E-state index contributed by atoms with van der Waals surface area (Å²) in [7, 11) is -3.56. The topological polar surface area (TPSA) is 70.2 Å². The van der Waals surface area contributed by atoms with E-state index in [2.05, 4.69) is 11.0 Å². The summed E-state index contributed by atoms with van der Waals surface area (Å²) < 4.78 is 33.1. The SMILES string of the molecule is CC(C)(C)OC(=O)N1CCN(c2ccc3c(c2)CCN3S(=O)(=O)c2ccccc2)CC1. The average Bonchev–Trinajstić information content (AvgIpc) is 3.17. The van der Waals surface area contributed by atoms with E-state index in [-0.39, 0.29) is 6.09 Å². The molecule has 31 heavy (non-hydrogen) atoms. The van der Waals surface area contributed by atoms with Crippen molar-refractivity contribution in [3.8, 4) is 0 Å². The minimum absolute atomic E-state index is 0.275. The van der Waals surface area contributed by atoms with Crippen LogP contribution in [0.15, 0.2) is 53.4 Å². The number of hydrogen-bond donors (Lipinski definition) is 0. The number of fused-ring (bicyclic) bond motifs is 1. The maximum absolute atomic E-state index is 13.0. The molecule has 0 aromatic heterocycles. The van der Waals surface area contributed by atoms with Gasteiger partial charge in [0, 0.05) is 38.4 Å². The van der Waals surface area contributed by atoms with Gasteiger partial charge in [-0.2, -0.15) is 0 Å². The zero-order chi connectivity index (χ0) is 22.2. The number of ether oxygens (including phenoxy) is 1. The number of benzene rings is 2. The summed E-state index contributed by atoms with van der Waals surface area (Å²) in [5.41, 5.74) is 2.34. The molecule has 0 unspecified atom stereocenters. The van der Waals surface area contributed by atoms with Crippen molar-refractivity contribution in [1.82, 2.24) is 4.90 Å². The van der Waals surface area contributed by atoms with Gasteiger partial charge in [-0.1, -0.05) is 18.2 Å². The van der Waals surface area contributed by atoms with Gasteiger partial charge in [-0.05, 0) is 63.1 Å². The highest BCUT2D eigenvalue weighted by molar-refractivity contribution is 7.92. The van der Waals surface area contributed by atoms with E-state index in [0.717, 1.165) is 16.9 Å². The quantitative estimate of drug-likeness (QED) is 0.726. The number of anilines is 2. The zero-order valence-electron chi connectivity index (χ0n) is 18.2. The van der Waals surface area contributed by atoms with E-state index in [0.29, 0.717) is 44.0 Å². The number of hydrogen-bond acceptors (Lipinski definition) is 5. The molecule has 2 aromatic rings. The predicted molar refractivity (Wildman–Crippen MR) is 121 cm³/mol. The van der Waals surface area contributed by atoms with E-state index in [9.17, 15) is 13.2 Å². The summed E-state index contributed by atoms with van der Waals surface area (Å²) in [5.74, 6) is 0. The highest BCUT2D eigenvalue weighted by Gasteiger charge is 2.32. The van der Waals surface area contributed by atoms with Crippen molar-refractivity contribution in [2.24, 2.45) is 0 Å². The van der Waals surface area contributed by atoms with Crippen molar-refractivity contribution in [1.29, 1.82) is 0 Å². The van der Waals surface area contributed by atoms with E-state index in [1.807, 2.05) is 39.0 Å². The molecule has 7 nitrogen and oxygen atoms in total. The van der Waals surface area contributed by atoms with Crippen LogP contribution in [-0.2, 0) is 21.2 Å². The predicted octanol–water partition coefficient (Wildman–Crippen LogP) is 3.50. The number of rotatable bonds is 3. The van der Waals surface area contributed by atoms with Crippen LogP contribution < -0.4 is 9.21 Å². The molecule has 0 saturated carbocycles. The first-order valence-corrected chi connectivity index (χ1v) is 12.0. The van der Waals surface area contributed by atoms with Crippen LogP contribution in [0.2, 0.25) is 0 Å². The normalized spacial score (nSPS) is 16.9. The maximum atomic E-state index is 13.0. The summed E-state index contributed by atoms with van der Waals surface area (Å²) in [6.07, 6.45) is 0.412. The van der Waals surface area contributed by atoms with E-state index < -0.39 is 15.6 Å². The van der Waals surface area contributed by atoms with Crippen molar-refractivity contribution in [3.05, 3.63) is 54.1 Å². The zero-order valence-corrected chi connectivity index (χ0v) is 19.1. The van der Waals surface area contributed by atoms with E-state index in [1.54, 1.807) is 29.2 Å². The van der Waals surface area contributed by atoms with Gasteiger partial charge >= 0.3 is 6.09 Å². The summed E-state index contributed by atoms with van der Waals surface area (Å²) in [6, 6.07) is 14.5. The Morgan fingerprint density at radius 2 is 1.61 bits per heavy atom. The van der Waals surface area contributed by atoms with Gasteiger partial charge in [-0.15, -0.1) is 0 Å². The van der Waals surface area contributed by atoms with Crippen LogP contribution in [-0.4, -0.2) is 57.7 Å². The summed E-state index contributed by atoms with van der Waals surface area (Å²) >= 11 is 0. The highest BCUT2D eigenvalue weighted by atomic mass is 32.2. The van der Waals surface area contributed by atoms with Crippen LogP contribution in [0.3, 0.4) is 0 Å². The minimum Gasteiger partial charge on any atom is -0.444 e. The molecule has 0 spiro atoms. The molecule has 2 heterocycles. The first-order valence-electron chi connectivity index (χ1n) is 10.6. The monoisotopic (exact) mass is 443 g/mol. The second-order valence-corrected chi connectivity index (χ2v) is 10.8. The first-order chi connectivity index (χ1) is 14.6. The molecular weight excluding hydrogens is 414 g/mol. The molecular formula is C23H29N3O4S. The van der Waals surface area contributed by atoms with Gasteiger partial charge in [0.2, 0.25) is 0 Å². The molecule has 0 bridgehead atoms. The molecule has 4 rings (SSSR count). The molecule has 2 aliphatic rings. The fourth-order valence-corrected chi connectivity index (χ4v) is 5.52. The fraction of sp³-hybridized carbons (Fsp3) is 0.435. The lowest BCUT2D eigenvalue weighted by Gasteiger charge is -2.37. The average molecular weight is 444 g/mol. The van der Waals surface area contributed by atoms with E-state index >= 15 is 0 Å². The number of sulfonamides is 1. The van der Waals surface area contributed by atoms with Crippen LogP contribution in [0.4, 0.5) is 16.2 Å². The molecule has 0 atom stereocenters. The first kappa shape index (κ1) is 21.5. The number of amides is 1. The van der Waals surface area contributed by atoms with Crippen LogP contribution in [0.1, 0.15) is 26.3 Å². The molecule has 166 valence electrons. The molecule has 2 aliphatic heterocycles. The maximum Gasteiger partial charge on any atom is 0.410 e. The smallest absolute Gasteiger partial charge is 0.410 e. The van der Waals surface area contributed by atoms with Gasteiger partial charge in [-0.3, -0.25) is 4.31 Å². The van der Waals surface area contributed by atoms with Gasteiger partial charge in [0.25, 0.3) is 10.0 Å². The molecule has 1 saturated heterocycles. The molecule has 0 radical (unpaired) electrons. The Morgan fingerprint density at radius 1 is 0.935 bits per heavy atom. The van der Waals surface area contributed by atoms with Crippen molar-refractivity contribution in [2.75, 3.05) is 41.9 Å². The van der Waals surface area contributed by atoms with Crippen molar-refractivity contribution in [3.63, 3.8) is 0 Å². The molecule has 0 aliphatic carbocycles. The van der Waals surface area contributed by atoms with Crippen LogP contribution in [0.5, 0.6) is 0 Å². The minimum atomic E-state index is -3.56. The van der Waals surface area contributed by atoms with E-state index in [4.69, 9.17) is 4.74 Å². The fourth-order valence-electron chi connectivity index (χ4n) is 4.00. The molecule has 8 heteroatoms. The summed E-state index contributed by atoms with van der Waals surface area (Å²) in [4.78, 5) is 16.6. The van der Waals surface area contributed by atoms with Crippen molar-refractivity contribution < 1.29 is 17.9 Å². The Balaban J connectivity index is 1.45.